The summed E-state index contributed by atoms with van der Waals surface area (Å²) in [4.78, 5) is 4.15. The van der Waals surface area contributed by atoms with Gasteiger partial charge in [-0.05, 0) is 30.2 Å². The third kappa shape index (κ3) is 3.29. The van der Waals surface area contributed by atoms with Crippen LogP contribution in [-0.2, 0) is 13.2 Å². The largest absolute Gasteiger partial charge is 0.486 e. The number of aromatic nitrogens is 3. The van der Waals surface area contributed by atoms with E-state index in [1.165, 1.54) is 18.5 Å². The molecule has 2 aromatic rings. The number of ether oxygens (including phenoxy) is 1. The lowest BCUT2D eigenvalue weighted by Gasteiger charge is -2.09. The number of halogens is 1. The third-order valence-electron chi connectivity index (χ3n) is 2.42. The Morgan fingerprint density at radius 1 is 1.28 bits per heavy atom. The molecule has 4 nitrogen and oxygen atoms in total. The highest BCUT2D eigenvalue weighted by Gasteiger charge is 2.06. The van der Waals surface area contributed by atoms with Crippen LogP contribution in [0.25, 0.3) is 0 Å². The van der Waals surface area contributed by atoms with Crippen LogP contribution in [0.5, 0.6) is 5.75 Å². The molecular weight excluding hydrogens is 233 g/mol. The van der Waals surface area contributed by atoms with Gasteiger partial charge in [0.2, 0.25) is 0 Å². The molecule has 0 unspecified atom stereocenters. The average molecular weight is 249 g/mol. The zero-order valence-corrected chi connectivity index (χ0v) is 10.5. The summed E-state index contributed by atoms with van der Waals surface area (Å²) in [6, 6.07) is 5.93. The third-order valence-corrected chi connectivity index (χ3v) is 2.42. The number of benzene rings is 1. The molecule has 0 saturated carbocycles. The molecule has 0 saturated heterocycles. The molecule has 1 heterocycles. The van der Waals surface area contributed by atoms with Crippen molar-refractivity contribution in [2.75, 3.05) is 0 Å². The summed E-state index contributed by atoms with van der Waals surface area (Å²) >= 11 is 0. The molecule has 0 fully saturated rings. The van der Waals surface area contributed by atoms with Gasteiger partial charge in [0.25, 0.3) is 0 Å². The quantitative estimate of drug-likeness (QED) is 0.817. The fourth-order valence-electron chi connectivity index (χ4n) is 1.58. The fraction of sp³-hybridized carbons (Fsp3) is 0.385. The van der Waals surface area contributed by atoms with Crippen molar-refractivity contribution in [1.82, 2.24) is 14.8 Å². The first kappa shape index (κ1) is 12.5. The molecule has 0 atom stereocenters. The van der Waals surface area contributed by atoms with Gasteiger partial charge in [-0.3, -0.25) is 0 Å². The van der Waals surface area contributed by atoms with E-state index in [-0.39, 0.29) is 5.82 Å². The minimum absolute atomic E-state index is 0.273. The van der Waals surface area contributed by atoms with Gasteiger partial charge < -0.3 is 4.74 Å². The summed E-state index contributed by atoms with van der Waals surface area (Å²) in [7, 11) is 0. The second kappa shape index (κ2) is 5.62. The van der Waals surface area contributed by atoms with Crippen LogP contribution in [0.2, 0.25) is 0 Å². The molecule has 1 aromatic heterocycles. The first-order valence-electron chi connectivity index (χ1n) is 5.90. The number of hydrogen-bond acceptors (Lipinski definition) is 3. The molecule has 0 aliphatic rings. The van der Waals surface area contributed by atoms with Crippen molar-refractivity contribution in [3.63, 3.8) is 0 Å². The molecule has 2 rings (SSSR count). The standard InChI is InChI=1S/C13H16FN3O/c1-10(2)7-17-13(15-9-16-17)8-18-12-5-3-11(14)4-6-12/h3-6,9-10H,7-8H2,1-2H3. The Balaban J connectivity index is 1.97. The predicted octanol–water partition coefficient (Wildman–Crippen LogP) is 2.65. The number of rotatable bonds is 5. The lowest BCUT2D eigenvalue weighted by Crippen LogP contribution is -2.12. The van der Waals surface area contributed by atoms with Crippen molar-refractivity contribution >= 4 is 0 Å². The molecule has 0 radical (unpaired) electrons. The van der Waals surface area contributed by atoms with Crippen LogP contribution in [0.1, 0.15) is 19.7 Å². The van der Waals surface area contributed by atoms with Gasteiger partial charge in [-0.15, -0.1) is 0 Å². The van der Waals surface area contributed by atoms with Gasteiger partial charge in [0.1, 0.15) is 24.5 Å². The molecule has 18 heavy (non-hydrogen) atoms. The molecule has 0 aliphatic heterocycles. The van der Waals surface area contributed by atoms with E-state index >= 15 is 0 Å². The predicted molar refractivity (Wildman–Crippen MR) is 65.6 cm³/mol. The van der Waals surface area contributed by atoms with Gasteiger partial charge in [0.15, 0.2) is 5.82 Å². The van der Waals surface area contributed by atoms with Gasteiger partial charge in [-0.2, -0.15) is 5.10 Å². The van der Waals surface area contributed by atoms with E-state index in [0.717, 1.165) is 12.4 Å². The van der Waals surface area contributed by atoms with Crippen molar-refractivity contribution in [1.29, 1.82) is 0 Å². The summed E-state index contributed by atoms with van der Waals surface area (Å²) in [5, 5.41) is 4.15. The summed E-state index contributed by atoms with van der Waals surface area (Å²) in [5.74, 6) is 1.62. The fourth-order valence-corrected chi connectivity index (χ4v) is 1.58. The number of nitrogens with zero attached hydrogens (tertiary/aromatic N) is 3. The maximum Gasteiger partial charge on any atom is 0.164 e. The highest BCUT2D eigenvalue weighted by molar-refractivity contribution is 5.22. The SMILES string of the molecule is CC(C)Cn1ncnc1COc1ccc(F)cc1. The van der Waals surface area contributed by atoms with Crippen LogP contribution in [0.3, 0.4) is 0 Å². The van der Waals surface area contributed by atoms with Gasteiger partial charge in [0, 0.05) is 6.54 Å². The summed E-state index contributed by atoms with van der Waals surface area (Å²) in [6.45, 7) is 5.37. The van der Waals surface area contributed by atoms with Crippen LogP contribution in [0, 0.1) is 11.7 Å². The van der Waals surface area contributed by atoms with Crippen LogP contribution in [0.4, 0.5) is 4.39 Å². The van der Waals surface area contributed by atoms with Crippen molar-refractivity contribution in [3.05, 3.63) is 42.2 Å². The van der Waals surface area contributed by atoms with E-state index in [4.69, 9.17) is 4.74 Å². The van der Waals surface area contributed by atoms with Crippen molar-refractivity contribution in [2.24, 2.45) is 5.92 Å². The van der Waals surface area contributed by atoms with E-state index in [1.54, 1.807) is 12.1 Å². The van der Waals surface area contributed by atoms with E-state index in [2.05, 4.69) is 23.9 Å². The van der Waals surface area contributed by atoms with Crippen molar-refractivity contribution in [3.8, 4) is 5.75 Å². The second-order valence-corrected chi connectivity index (χ2v) is 4.49. The monoisotopic (exact) mass is 249 g/mol. The summed E-state index contributed by atoms with van der Waals surface area (Å²) in [5.41, 5.74) is 0. The number of hydrogen-bond donors (Lipinski definition) is 0. The van der Waals surface area contributed by atoms with E-state index in [0.29, 0.717) is 18.3 Å². The summed E-state index contributed by atoms with van der Waals surface area (Å²) in [6.07, 6.45) is 1.52. The first-order chi connectivity index (χ1) is 8.65. The van der Waals surface area contributed by atoms with E-state index in [1.807, 2.05) is 4.68 Å². The molecule has 0 aliphatic carbocycles. The van der Waals surface area contributed by atoms with Gasteiger partial charge in [-0.1, -0.05) is 13.8 Å². The lowest BCUT2D eigenvalue weighted by atomic mass is 10.2. The molecule has 96 valence electrons. The second-order valence-electron chi connectivity index (χ2n) is 4.49. The van der Waals surface area contributed by atoms with Gasteiger partial charge in [-0.25, -0.2) is 14.1 Å². The highest BCUT2D eigenvalue weighted by Crippen LogP contribution is 2.13. The van der Waals surface area contributed by atoms with E-state index in [9.17, 15) is 4.39 Å². The molecule has 0 amide bonds. The normalized spacial score (nSPS) is 10.9. The molecule has 1 aromatic carbocycles. The Bertz CT molecular complexity index is 493. The zero-order chi connectivity index (χ0) is 13.0. The highest BCUT2D eigenvalue weighted by atomic mass is 19.1. The molecule has 0 N–H and O–H groups in total. The maximum absolute atomic E-state index is 12.7. The minimum atomic E-state index is -0.273. The Morgan fingerprint density at radius 3 is 2.67 bits per heavy atom. The molecule has 0 bridgehead atoms. The Morgan fingerprint density at radius 2 is 2.00 bits per heavy atom. The van der Waals surface area contributed by atoms with Crippen LogP contribution < -0.4 is 4.74 Å². The maximum atomic E-state index is 12.7. The average Bonchev–Trinajstić information content (AvgIpc) is 2.75. The molecule has 5 heteroatoms. The van der Waals surface area contributed by atoms with Gasteiger partial charge in [0.05, 0.1) is 0 Å². The van der Waals surface area contributed by atoms with Crippen molar-refractivity contribution in [2.45, 2.75) is 27.0 Å². The topological polar surface area (TPSA) is 39.9 Å². The smallest absolute Gasteiger partial charge is 0.164 e. The van der Waals surface area contributed by atoms with Crippen LogP contribution >= 0.6 is 0 Å². The van der Waals surface area contributed by atoms with Gasteiger partial charge >= 0.3 is 0 Å². The Kier molecular flexibility index (Phi) is 3.92. The van der Waals surface area contributed by atoms with E-state index < -0.39 is 0 Å². The Labute approximate surface area is 105 Å². The van der Waals surface area contributed by atoms with Crippen LogP contribution in [0.15, 0.2) is 30.6 Å². The summed E-state index contributed by atoms with van der Waals surface area (Å²) < 4.78 is 20.1. The van der Waals surface area contributed by atoms with Crippen molar-refractivity contribution < 1.29 is 9.13 Å². The minimum Gasteiger partial charge on any atom is -0.486 e. The molecule has 0 spiro atoms. The van der Waals surface area contributed by atoms with Crippen LogP contribution in [-0.4, -0.2) is 14.8 Å². The Hall–Kier alpha value is -1.91. The first-order valence-corrected chi connectivity index (χ1v) is 5.90. The lowest BCUT2D eigenvalue weighted by molar-refractivity contribution is 0.282. The molecular formula is C13H16FN3O. The zero-order valence-electron chi connectivity index (χ0n) is 10.5.